The number of urea groups is 1. The van der Waals surface area contributed by atoms with Crippen LogP contribution in [0.15, 0.2) is 41.3 Å². The zero-order valence-corrected chi connectivity index (χ0v) is 16.4. The monoisotopic (exact) mass is 468 g/mol. The van der Waals surface area contributed by atoms with Gasteiger partial charge in [-0.25, -0.2) is 18.9 Å². The van der Waals surface area contributed by atoms with Crippen molar-refractivity contribution in [3.05, 3.63) is 41.9 Å². The van der Waals surface area contributed by atoms with Gasteiger partial charge in [-0.05, 0) is 12.1 Å². The van der Waals surface area contributed by atoms with Gasteiger partial charge in [-0.15, -0.1) is 0 Å². The highest BCUT2D eigenvalue weighted by Crippen LogP contribution is 2.35. The summed E-state index contributed by atoms with van der Waals surface area (Å²) < 4.78 is 101. The Bertz CT molecular complexity index is 1100. The highest BCUT2D eigenvalue weighted by atomic mass is 32.2. The Labute approximate surface area is 172 Å². The molecule has 0 aliphatic heterocycles. The van der Waals surface area contributed by atoms with Crippen molar-refractivity contribution in [2.24, 2.45) is 0 Å². The topological polar surface area (TPSA) is 120 Å². The Morgan fingerprint density at radius 1 is 1.13 bits per heavy atom. The predicted molar refractivity (Wildman–Crippen MR) is 96.1 cm³/mol. The van der Waals surface area contributed by atoms with E-state index in [2.05, 4.69) is 9.97 Å². The lowest BCUT2D eigenvalue weighted by Gasteiger charge is -2.12. The fourth-order valence-electron chi connectivity index (χ4n) is 2.09. The molecule has 2 rings (SSSR count). The SMILES string of the molecule is COc1cc(NC(=O)NS(=O)(=O)c2ncccc2C(F)=C(F)C(F)(F)F)nc(OC)c1. The second kappa shape index (κ2) is 9.11. The van der Waals surface area contributed by atoms with Gasteiger partial charge in [-0.1, -0.05) is 0 Å². The van der Waals surface area contributed by atoms with Crippen molar-refractivity contribution in [3.63, 3.8) is 0 Å². The van der Waals surface area contributed by atoms with Crippen LogP contribution >= 0.6 is 0 Å². The number of aromatic nitrogens is 2. The number of halogens is 5. The summed E-state index contributed by atoms with van der Waals surface area (Å²) in [5, 5.41) is 0.676. The van der Waals surface area contributed by atoms with Crippen LogP contribution in [0.2, 0.25) is 0 Å². The van der Waals surface area contributed by atoms with Gasteiger partial charge in [-0.3, -0.25) is 5.32 Å². The molecule has 0 aliphatic carbocycles. The molecule has 15 heteroatoms. The smallest absolute Gasteiger partial charge is 0.445 e. The molecule has 0 spiro atoms. The fraction of sp³-hybridized carbons (Fsp3) is 0.188. The molecule has 31 heavy (non-hydrogen) atoms. The number of carbonyl (C=O) groups excluding carboxylic acids is 1. The molecule has 2 aromatic heterocycles. The Morgan fingerprint density at radius 2 is 1.81 bits per heavy atom. The number of sulfonamides is 1. The van der Waals surface area contributed by atoms with E-state index in [4.69, 9.17) is 9.47 Å². The van der Waals surface area contributed by atoms with Crippen molar-refractivity contribution in [3.8, 4) is 11.6 Å². The highest BCUT2D eigenvalue weighted by molar-refractivity contribution is 7.90. The third-order valence-electron chi connectivity index (χ3n) is 3.39. The van der Waals surface area contributed by atoms with E-state index in [1.165, 1.54) is 31.1 Å². The molecule has 0 bridgehead atoms. The van der Waals surface area contributed by atoms with Gasteiger partial charge in [0.05, 0.1) is 19.8 Å². The summed E-state index contributed by atoms with van der Waals surface area (Å²) in [6.45, 7) is 0. The first-order valence-corrected chi connectivity index (χ1v) is 9.39. The Kier molecular flexibility index (Phi) is 6.99. The highest BCUT2D eigenvalue weighted by Gasteiger charge is 2.40. The summed E-state index contributed by atoms with van der Waals surface area (Å²) in [4.78, 5) is 19.1. The summed E-state index contributed by atoms with van der Waals surface area (Å²) in [7, 11) is -2.47. The van der Waals surface area contributed by atoms with Crippen LogP contribution < -0.4 is 19.5 Å². The maximum atomic E-state index is 14.0. The van der Waals surface area contributed by atoms with Crippen LogP contribution in [0.25, 0.3) is 5.83 Å². The van der Waals surface area contributed by atoms with Gasteiger partial charge in [0.1, 0.15) is 11.6 Å². The summed E-state index contributed by atoms with van der Waals surface area (Å²) in [5.74, 6) is -5.71. The number of nitrogens with zero attached hydrogens (tertiary/aromatic N) is 2. The fourth-order valence-corrected chi connectivity index (χ4v) is 3.13. The van der Waals surface area contributed by atoms with E-state index < -0.39 is 44.5 Å². The maximum absolute atomic E-state index is 14.0. The number of rotatable bonds is 6. The van der Waals surface area contributed by atoms with Crippen molar-refractivity contribution in [2.75, 3.05) is 19.5 Å². The second-order valence-electron chi connectivity index (χ2n) is 5.48. The first-order valence-electron chi connectivity index (χ1n) is 7.90. The van der Waals surface area contributed by atoms with Crippen LogP contribution in [0.5, 0.6) is 11.6 Å². The molecule has 0 saturated heterocycles. The van der Waals surface area contributed by atoms with Gasteiger partial charge in [0.15, 0.2) is 10.9 Å². The summed E-state index contributed by atoms with van der Waals surface area (Å²) in [6, 6.07) is 2.55. The molecular weight excluding hydrogens is 455 g/mol. The van der Waals surface area contributed by atoms with Crippen molar-refractivity contribution in [1.82, 2.24) is 14.7 Å². The lowest BCUT2D eigenvalue weighted by Crippen LogP contribution is -2.35. The molecular formula is C16H13F5N4O5S. The molecule has 0 aliphatic rings. The number of anilines is 1. The van der Waals surface area contributed by atoms with Crippen LogP contribution in [0.3, 0.4) is 0 Å². The molecule has 168 valence electrons. The largest absolute Gasteiger partial charge is 0.496 e. The van der Waals surface area contributed by atoms with Gasteiger partial charge < -0.3 is 9.47 Å². The Morgan fingerprint density at radius 3 is 2.39 bits per heavy atom. The average Bonchev–Trinajstić information content (AvgIpc) is 2.71. The van der Waals surface area contributed by atoms with Gasteiger partial charge in [0.2, 0.25) is 11.7 Å². The lowest BCUT2D eigenvalue weighted by atomic mass is 10.2. The number of hydrogen-bond acceptors (Lipinski definition) is 7. The molecule has 0 atom stereocenters. The molecule has 0 fully saturated rings. The number of nitrogens with one attached hydrogen (secondary N) is 2. The third-order valence-corrected chi connectivity index (χ3v) is 4.68. The van der Waals surface area contributed by atoms with Gasteiger partial charge in [-0.2, -0.15) is 31.0 Å². The zero-order chi connectivity index (χ0) is 23.4. The number of alkyl halides is 3. The first kappa shape index (κ1) is 23.8. The summed E-state index contributed by atoms with van der Waals surface area (Å²) in [5.41, 5.74) is -1.33. The van der Waals surface area contributed by atoms with E-state index in [0.29, 0.717) is 6.07 Å². The van der Waals surface area contributed by atoms with E-state index in [1.807, 2.05) is 5.32 Å². The quantitative estimate of drug-likeness (QED) is 0.625. The first-order chi connectivity index (χ1) is 14.4. The van der Waals surface area contributed by atoms with Crippen molar-refractivity contribution >= 4 is 27.7 Å². The maximum Gasteiger partial charge on any atom is 0.445 e. The second-order valence-corrected chi connectivity index (χ2v) is 7.07. The lowest BCUT2D eigenvalue weighted by molar-refractivity contribution is -0.108. The van der Waals surface area contributed by atoms with Gasteiger partial charge in [0.25, 0.3) is 10.0 Å². The van der Waals surface area contributed by atoms with Crippen LogP contribution in [0.1, 0.15) is 5.56 Å². The van der Waals surface area contributed by atoms with E-state index in [0.717, 1.165) is 12.3 Å². The van der Waals surface area contributed by atoms with E-state index in [9.17, 15) is 35.2 Å². The minimum atomic E-state index is -5.71. The normalized spacial score (nSPS) is 12.6. The minimum Gasteiger partial charge on any atom is -0.496 e. The van der Waals surface area contributed by atoms with Crippen LogP contribution in [0.4, 0.5) is 32.6 Å². The predicted octanol–water partition coefficient (Wildman–Crippen LogP) is 3.17. The standard InChI is InChI=1S/C16H13F5N4O5S/c1-29-8-6-10(23-11(7-8)30-2)24-15(26)25-31(27,28)14-9(4-3-5-22-14)12(17)13(18)16(19,20)21/h3-7H,1-2H3,(H2,23,24,25,26). The van der Waals surface area contributed by atoms with E-state index >= 15 is 0 Å². The van der Waals surface area contributed by atoms with Gasteiger partial charge >= 0.3 is 12.2 Å². The Balaban J connectivity index is 2.35. The number of ether oxygens (including phenoxy) is 2. The molecule has 2 heterocycles. The Hall–Kier alpha value is -3.49. The number of pyridine rings is 2. The number of methoxy groups -OCH3 is 2. The van der Waals surface area contributed by atoms with E-state index in [1.54, 1.807) is 0 Å². The summed E-state index contributed by atoms with van der Waals surface area (Å²) in [6.07, 6.45) is -4.91. The summed E-state index contributed by atoms with van der Waals surface area (Å²) >= 11 is 0. The number of amides is 2. The van der Waals surface area contributed by atoms with Crippen LogP contribution in [0, 0.1) is 0 Å². The number of hydrogen-bond donors (Lipinski definition) is 2. The molecule has 2 amide bonds. The number of carbonyl (C=O) groups is 1. The molecule has 0 radical (unpaired) electrons. The van der Waals surface area contributed by atoms with Crippen LogP contribution in [-0.4, -0.2) is 44.8 Å². The molecule has 0 saturated carbocycles. The molecule has 0 unspecified atom stereocenters. The minimum absolute atomic E-state index is 0.000599. The van der Waals surface area contributed by atoms with E-state index in [-0.39, 0.29) is 17.4 Å². The zero-order valence-electron chi connectivity index (χ0n) is 15.6. The van der Waals surface area contributed by atoms with Gasteiger partial charge in [0, 0.05) is 18.3 Å². The van der Waals surface area contributed by atoms with Crippen LogP contribution in [-0.2, 0) is 10.0 Å². The van der Waals surface area contributed by atoms with Crippen molar-refractivity contribution in [2.45, 2.75) is 11.2 Å². The van der Waals surface area contributed by atoms with Crippen molar-refractivity contribution < 1.29 is 44.6 Å². The molecule has 2 N–H and O–H groups in total. The molecule has 9 nitrogen and oxygen atoms in total. The average molecular weight is 468 g/mol. The molecule has 2 aromatic rings. The number of allylic oxidation sites excluding steroid dienone is 1. The molecule has 0 aromatic carbocycles. The third kappa shape index (κ3) is 5.78. The van der Waals surface area contributed by atoms with Crippen molar-refractivity contribution in [1.29, 1.82) is 0 Å².